The zero-order valence-corrected chi connectivity index (χ0v) is 17.0. The van der Waals surface area contributed by atoms with E-state index in [4.69, 9.17) is 0 Å². The van der Waals surface area contributed by atoms with Gasteiger partial charge in [-0.15, -0.1) is 0 Å². The number of amides is 2. The van der Waals surface area contributed by atoms with Gasteiger partial charge in [-0.05, 0) is 76.9 Å². The fourth-order valence-corrected chi connectivity index (χ4v) is 2.90. The number of rotatable bonds is 5. The first-order valence-corrected chi connectivity index (χ1v) is 9.09. The van der Waals surface area contributed by atoms with Gasteiger partial charge in [0.1, 0.15) is 0 Å². The van der Waals surface area contributed by atoms with Crippen LogP contribution in [-0.4, -0.2) is 23.9 Å². The van der Waals surface area contributed by atoms with Crippen molar-refractivity contribution in [3.63, 3.8) is 0 Å². The van der Waals surface area contributed by atoms with E-state index in [-0.39, 0.29) is 23.9 Å². The van der Waals surface area contributed by atoms with Crippen molar-refractivity contribution in [2.24, 2.45) is 0 Å². The highest BCUT2D eigenvalue weighted by Crippen LogP contribution is 2.21. The van der Waals surface area contributed by atoms with Crippen molar-refractivity contribution in [1.82, 2.24) is 5.32 Å². The molecule has 3 N–H and O–H groups in total. The van der Waals surface area contributed by atoms with Gasteiger partial charge >= 0.3 is 0 Å². The number of hydrogen-bond acceptors (Lipinski definition) is 3. The number of anilines is 2. The fraction of sp³-hybridized carbons (Fsp3) is 0.364. The number of nitrogens with one attached hydrogen (secondary N) is 3. The second-order valence-electron chi connectivity index (χ2n) is 7.96. The van der Waals surface area contributed by atoms with E-state index >= 15 is 0 Å². The Bertz CT molecular complexity index is 811. The van der Waals surface area contributed by atoms with Crippen LogP contribution in [0.15, 0.2) is 36.4 Å². The molecule has 27 heavy (non-hydrogen) atoms. The minimum atomic E-state index is -0.279. The molecule has 0 saturated carbocycles. The van der Waals surface area contributed by atoms with Crippen molar-refractivity contribution < 1.29 is 9.59 Å². The lowest BCUT2D eigenvalue weighted by molar-refractivity contribution is -0.114. The van der Waals surface area contributed by atoms with Gasteiger partial charge in [-0.1, -0.05) is 17.7 Å². The first-order valence-electron chi connectivity index (χ1n) is 9.09. The van der Waals surface area contributed by atoms with E-state index < -0.39 is 0 Å². The highest BCUT2D eigenvalue weighted by Gasteiger charge is 2.15. The molecule has 0 atom stereocenters. The molecule has 0 saturated heterocycles. The molecule has 2 aromatic carbocycles. The Morgan fingerprint density at radius 1 is 0.926 bits per heavy atom. The van der Waals surface area contributed by atoms with Gasteiger partial charge in [0, 0.05) is 22.5 Å². The molecule has 2 aromatic rings. The highest BCUT2D eigenvalue weighted by atomic mass is 16.2. The molecule has 0 aliphatic heterocycles. The Labute approximate surface area is 161 Å². The zero-order chi connectivity index (χ0) is 20.2. The molecule has 5 heteroatoms. The number of benzene rings is 2. The summed E-state index contributed by atoms with van der Waals surface area (Å²) < 4.78 is 0. The van der Waals surface area contributed by atoms with Gasteiger partial charge in [0.05, 0.1) is 6.54 Å². The summed E-state index contributed by atoms with van der Waals surface area (Å²) in [5, 5.41) is 8.97. The van der Waals surface area contributed by atoms with Gasteiger partial charge in [0.15, 0.2) is 0 Å². The van der Waals surface area contributed by atoms with Crippen LogP contribution in [0.4, 0.5) is 11.4 Å². The van der Waals surface area contributed by atoms with Crippen molar-refractivity contribution in [1.29, 1.82) is 0 Å². The van der Waals surface area contributed by atoms with Gasteiger partial charge < -0.3 is 16.0 Å². The van der Waals surface area contributed by atoms with Gasteiger partial charge in [-0.3, -0.25) is 9.59 Å². The molecule has 0 heterocycles. The van der Waals surface area contributed by atoms with Crippen LogP contribution in [0.2, 0.25) is 0 Å². The SMILES string of the molecule is Cc1cc(C)c(NC(=O)CNc2ccc(C(=O)NC(C)(C)C)cc2)c(C)c1. The van der Waals surface area contributed by atoms with Gasteiger partial charge in [0.2, 0.25) is 5.91 Å². The first kappa shape index (κ1) is 20.5. The first-order chi connectivity index (χ1) is 12.5. The Morgan fingerprint density at radius 3 is 2.00 bits per heavy atom. The smallest absolute Gasteiger partial charge is 0.251 e. The van der Waals surface area contributed by atoms with Gasteiger partial charge in [0.25, 0.3) is 5.91 Å². The maximum atomic E-state index is 12.3. The molecule has 0 bridgehead atoms. The van der Waals surface area contributed by atoms with Crippen LogP contribution < -0.4 is 16.0 Å². The third-order valence-corrected chi connectivity index (χ3v) is 4.03. The van der Waals surface area contributed by atoms with E-state index in [0.717, 1.165) is 22.5 Å². The van der Waals surface area contributed by atoms with Crippen LogP contribution >= 0.6 is 0 Å². The fourth-order valence-electron chi connectivity index (χ4n) is 2.90. The molecule has 0 radical (unpaired) electrons. The monoisotopic (exact) mass is 367 g/mol. The molecule has 5 nitrogen and oxygen atoms in total. The van der Waals surface area contributed by atoms with Crippen molar-refractivity contribution in [2.45, 2.75) is 47.1 Å². The Kier molecular flexibility index (Phi) is 6.26. The molecule has 2 amide bonds. The normalized spacial score (nSPS) is 11.0. The molecule has 0 aliphatic rings. The second kappa shape index (κ2) is 8.25. The maximum absolute atomic E-state index is 12.3. The third kappa shape index (κ3) is 6.13. The topological polar surface area (TPSA) is 70.2 Å². The molecule has 0 spiro atoms. The van der Waals surface area contributed by atoms with E-state index in [0.29, 0.717) is 5.56 Å². The van der Waals surface area contributed by atoms with Crippen molar-refractivity contribution in [3.8, 4) is 0 Å². The minimum Gasteiger partial charge on any atom is -0.376 e. The van der Waals surface area contributed by atoms with Crippen molar-refractivity contribution in [3.05, 3.63) is 58.7 Å². The lowest BCUT2D eigenvalue weighted by atomic mass is 10.1. The van der Waals surface area contributed by atoms with Gasteiger partial charge in [-0.25, -0.2) is 0 Å². The van der Waals surface area contributed by atoms with Crippen LogP contribution in [0, 0.1) is 20.8 Å². The van der Waals surface area contributed by atoms with Crippen LogP contribution in [-0.2, 0) is 4.79 Å². The second-order valence-corrected chi connectivity index (χ2v) is 7.96. The van der Waals surface area contributed by atoms with E-state index in [2.05, 4.69) is 28.1 Å². The Hall–Kier alpha value is -2.82. The molecule has 144 valence electrons. The van der Waals surface area contributed by atoms with Crippen molar-refractivity contribution >= 4 is 23.2 Å². The van der Waals surface area contributed by atoms with E-state index in [9.17, 15) is 9.59 Å². The summed E-state index contributed by atoms with van der Waals surface area (Å²) in [5.41, 5.74) is 5.24. The van der Waals surface area contributed by atoms with E-state index in [1.165, 1.54) is 5.56 Å². The lowest BCUT2D eigenvalue weighted by Crippen LogP contribution is -2.40. The lowest BCUT2D eigenvalue weighted by Gasteiger charge is -2.20. The summed E-state index contributed by atoms with van der Waals surface area (Å²) in [6.45, 7) is 12.0. The largest absolute Gasteiger partial charge is 0.376 e. The molecular formula is C22H29N3O2. The number of hydrogen-bond donors (Lipinski definition) is 3. The predicted octanol–water partition coefficient (Wildman–Crippen LogP) is 4.19. The van der Waals surface area contributed by atoms with Gasteiger partial charge in [-0.2, -0.15) is 0 Å². The summed E-state index contributed by atoms with van der Waals surface area (Å²) in [5.74, 6) is -0.225. The zero-order valence-electron chi connectivity index (χ0n) is 17.0. The van der Waals surface area contributed by atoms with E-state index in [1.807, 2.05) is 41.5 Å². The predicted molar refractivity (Wildman–Crippen MR) is 111 cm³/mol. The number of carbonyl (C=O) groups excluding carboxylic acids is 2. The number of aryl methyl sites for hydroxylation is 3. The van der Waals surface area contributed by atoms with Crippen LogP contribution in [0.1, 0.15) is 47.8 Å². The van der Waals surface area contributed by atoms with Crippen molar-refractivity contribution in [2.75, 3.05) is 17.2 Å². The maximum Gasteiger partial charge on any atom is 0.251 e. The van der Waals surface area contributed by atoms with Crippen LogP contribution in [0.3, 0.4) is 0 Å². The number of carbonyl (C=O) groups is 2. The molecular weight excluding hydrogens is 338 g/mol. The molecule has 0 unspecified atom stereocenters. The van der Waals surface area contributed by atoms with Crippen LogP contribution in [0.25, 0.3) is 0 Å². The summed E-state index contributed by atoms with van der Waals surface area (Å²) in [6.07, 6.45) is 0. The molecule has 0 aromatic heterocycles. The minimum absolute atomic E-state index is 0.111. The highest BCUT2D eigenvalue weighted by molar-refractivity contribution is 5.96. The van der Waals surface area contributed by atoms with E-state index in [1.54, 1.807) is 24.3 Å². The Morgan fingerprint density at radius 2 is 1.48 bits per heavy atom. The molecule has 0 aliphatic carbocycles. The quantitative estimate of drug-likeness (QED) is 0.742. The third-order valence-electron chi connectivity index (χ3n) is 4.03. The molecule has 0 fully saturated rings. The summed E-state index contributed by atoms with van der Waals surface area (Å²) >= 11 is 0. The van der Waals surface area contributed by atoms with Crippen LogP contribution in [0.5, 0.6) is 0 Å². The summed E-state index contributed by atoms with van der Waals surface area (Å²) in [6, 6.07) is 11.2. The Balaban J connectivity index is 1.93. The average molecular weight is 367 g/mol. The molecule has 2 rings (SSSR count). The summed E-state index contributed by atoms with van der Waals surface area (Å²) in [7, 11) is 0. The standard InChI is InChI=1S/C22H29N3O2/c1-14-11-15(2)20(16(3)12-14)24-19(26)13-23-18-9-7-17(8-10-18)21(27)25-22(4,5)6/h7-12,23H,13H2,1-6H3,(H,24,26)(H,25,27). The average Bonchev–Trinajstić information content (AvgIpc) is 2.55. The summed E-state index contributed by atoms with van der Waals surface area (Å²) in [4.78, 5) is 24.4.